The molecule has 1 amide bonds. The third-order valence-electron chi connectivity index (χ3n) is 4.45. The molecule has 1 aromatic carbocycles. The Hall–Kier alpha value is -3.09. The molecular formula is C20H18F3N3O5S. The lowest BCUT2D eigenvalue weighted by Gasteiger charge is -2.21. The minimum absolute atomic E-state index is 0.00642. The highest BCUT2D eigenvalue weighted by Gasteiger charge is 2.35. The van der Waals surface area contributed by atoms with Gasteiger partial charge in [0.2, 0.25) is 5.43 Å². The van der Waals surface area contributed by atoms with Crippen LogP contribution in [0.15, 0.2) is 34.6 Å². The molecule has 1 atom stereocenters. The average Bonchev–Trinajstić information content (AvgIpc) is 3.25. The summed E-state index contributed by atoms with van der Waals surface area (Å²) in [5, 5.41) is 3.97. The number of para-hydroxylation sites is 1. The molecule has 0 spiro atoms. The molecule has 0 aliphatic heterocycles. The maximum absolute atomic E-state index is 13.6. The Morgan fingerprint density at radius 3 is 2.78 bits per heavy atom. The second-order valence-electron chi connectivity index (χ2n) is 6.53. The van der Waals surface area contributed by atoms with Crippen molar-refractivity contribution in [3.63, 3.8) is 0 Å². The number of alkyl halides is 3. The van der Waals surface area contributed by atoms with Crippen molar-refractivity contribution < 1.29 is 32.2 Å². The smallest absolute Gasteiger partial charge is 0.382 e. The third-order valence-corrected chi connectivity index (χ3v) is 5.13. The van der Waals surface area contributed by atoms with Crippen LogP contribution < -0.4 is 10.7 Å². The number of carbonyl (C=O) groups is 2. The van der Waals surface area contributed by atoms with Gasteiger partial charge in [-0.1, -0.05) is 6.07 Å². The number of fused-ring (bicyclic) bond motifs is 1. The third kappa shape index (κ3) is 5.03. The minimum atomic E-state index is -4.75. The number of nitrogens with zero attached hydrogens (tertiary/aromatic N) is 1. The van der Waals surface area contributed by atoms with Crippen LogP contribution in [0.2, 0.25) is 0 Å². The first-order valence-corrected chi connectivity index (χ1v) is 10.2. The predicted molar refractivity (Wildman–Crippen MR) is 111 cm³/mol. The number of benzene rings is 1. The second-order valence-corrected chi connectivity index (χ2v) is 7.42. The number of pyridine rings is 1. The van der Waals surface area contributed by atoms with E-state index >= 15 is 0 Å². The number of rotatable bonds is 9. The number of amides is 1. The molecule has 2 heterocycles. The lowest BCUT2D eigenvalue weighted by molar-refractivity contribution is -0.136. The van der Waals surface area contributed by atoms with Gasteiger partial charge < -0.3 is 19.3 Å². The van der Waals surface area contributed by atoms with Crippen molar-refractivity contribution in [3.05, 3.63) is 56.8 Å². The number of ether oxygens (including phenoxy) is 2. The van der Waals surface area contributed by atoms with Crippen molar-refractivity contribution in [2.45, 2.75) is 18.7 Å². The molecule has 0 bridgehead atoms. The van der Waals surface area contributed by atoms with E-state index in [0.717, 1.165) is 23.5 Å². The van der Waals surface area contributed by atoms with Gasteiger partial charge in [0, 0.05) is 30.5 Å². The van der Waals surface area contributed by atoms with Gasteiger partial charge in [-0.25, -0.2) is 4.98 Å². The Morgan fingerprint density at radius 2 is 2.16 bits per heavy atom. The van der Waals surface area contributed by atoms with E-state index in [-0.39, 0.29) is 35.8 Å². The first-order chi connectivity index (χ1) is 15.3. The Bertz CT molecular complexity index is 1160. The number of hydrogen-bond donors (Lipinski definition) is 2. The molecule has 0 radical (unpaired) electrons. The summed E-state index contributed by atoms with van der Waals surface area (Å²) in [6.07, 6.45) is -3.82. The van der Waals surface area contributed by atoms with Gasteiger partial charge in [0.05, 0.1) is 30.0 Å². The Labute approximate surface area is 183 Å². The Balaban J connectivity index is 2.24. The zero-order valence-corrected chi connectivity index (χ0v) is 17.5. The van der Waals surface area contributed by atoms with Gasteiger partial charge in [-0.15, -0.1) is 11.3 Å². The van der Waals surface area contributed by atoms with Gasteiger partial charge in [-0.05, 0) is 12.1 Å². The summed E-state index contributed by atoms with van der Waals surface area (Å²) < 4.78 is 51.4. The molecule has 1 unspecified atom stereocenters. The van der Waals surface area contributed by atoms with Crippen molar-refractivity contribution in [2.75, 3.05) is 25.6 Å². The maximum atomic E-state index is 13.6. The summed E-state index contributed by atoms with van der Waals surface area (Å²) in [6.45, 7) is -0.280. The van der Waals surface area contributed by atoms with Crippen molar-refractivity contribution in [1.82, 2.24) is 9.97 Å². The molecule has 12 heteroatoms. The summed E-state index contributed by atoms with van der Waals surface area (Å²) in [7, 11) is 1.33. The van der Waals surface area contributed by atoms with E-state index in [1.54, 1.807) is 5.38 Å². The Morgan fingerprint density at radius 1 is 1.38 bits per heavy atom. The summed E-state index contributed by atoms with van der Waals surface area (Å²) in [6, 6.07) is 3.12. The van der Waals surface area contributed by atoms with Gasteiger partial charge in [-0.2, -0.15) is 13.2 Å². The normalized spacial score (nSPS) is 12.6. The second kappa shape index (κ2) is 10.0. The number of thiazole rings is 1. The molecular weight excluding hydrogens is 451 g/mol. The summed E-state index contributed by atoms with van der Waals surface area (Å²) in [4.78, 5) is 43.4. The monoisotopic (exact) mass is 469 g/mol. The average molecular weight is 469 g/mol. The standard InChI is InChI=1S/C20H18F3N3O5S/c1-30-10-13(31-8-3-7-27)16-14(18(29)26-19-24-6-9-32-19)17(28)11-4-2-5-12(15(11)25-16)20(21,22)23/h2,4-7,9,13H,3,8,10H2,1H3,(H,25,28)(H,24,26,29). The molecule has 0 saturated heterocycles. The van der Waals surface area contributed by atoms with Crippen LogP contribution in [0.4, 0.5) is 18.3 Å². The first kappa shape index (κ1) is 23.6. The molecule has 0 aliphatic carbocycles. The van der Waals surface area contributed by atoms with Crippen LogP contribution in [0.1, 0.15) is 34.1 Å². The summed E-state index contributed by atoms with van der Waals surface area (Å²) in [5.41, 5.74) is -3.08. The van der Waals surface area contributed by atoms with Gasteiger partial charge in [-0.3, -0.25) is 14.9 Å². The summed E-state index contributed by atoms with van der Waals surface area (Å²) in [5.74, 6) is -0.865. The quantitative estimate of drug-likeness (QED) is 0.366. The molecule has 8 nitrogen and oxygen atoms in total. The van der Waals surface area contributed by atoms with Crippen molar-refractivity contribution >= 4 is 39.6 Å². The fourth-order valence-corrected chi connectivity index (χ4v) is 3.63. The molecule has 0 aliphatic rings. The number of nitrogens with one attached hydrogen (secondary N) is 2. The van der Waals surface area contributed by atoms with Gasteiger partial charge in [0.1, 0.15) is 18.0 Å². The number of methoxy groups -OCH3 is 1. The number of carbonyl (C=O) groups excluding carboxylic acids is 2. The zero-order valence-electron chi connectivity index (χ0n) is 16.7. The molecule has 3 aromatic rings. The van der Waals surface area contributed by atoms with Crippen LogP contribution in [-0.4, -0.2) is 42.5 Å². The van der Waals surface area contributed by atoms with E-state index in [1.165, 1.54) is 19.4 Å². The van der Waals surface area contributed by atoms with Crippen LogP contribution >= 0.6 is 11.3 Å². The molecule has 2 aromatic heterocycles. The van der Waals surface area contributed by atoms with E-state index in [0.29, 0.717) is 6.29 Å². The highest BCUT2D eigenvalue weighted by atomic mass is 32.1. The van der Waals surface area contributed by atoms with Crippen LogP contribution in [0.25, 0.3) is 10.9 Å². The van der Waals surface area contributed by atoms with Crippen LogP contribution in [0.3, 0.4) is 0 Å². The lowest BCUT2D eigenvalue weighted by atomic mass is 10.0. The number of aldehydes is 1. The van der Waals surface area contributed by atoms with E-state index in [2.05, 4.69) is 15.3 Å². The molecule has 32 heavy (non-hydrogen) atoms. The fourth-order valence-electron chi connectivity index (χ4n) is 3.10. The number of H-pyrrole nitrogens is 1. The van der Waals surface area contributed by atoms with Crippen LogP contribution in [0, 0.1) is 0 Å². The molecule has 0 fully saturated rings. The number of aromatic nitrogens is 2. The molecule has 3 rings (SSSR count). The predicted octanol–water partition coefficient (Wildman–Crippen LogP) is 3.55. The van der Waals surface area contributed by atoms with E-state index in [4.69, 9.17) is 9.47 Å². The maximum Gasteiger partial charge on any atom is 0.418 e. The van der Waals surface area contributed by atoms with Crippen molar-refractivity contribution in [3.8, 4) is 0 Å². The number of hydrogen-bond acceptors (Lipinski definition) is 7. The van der Waals surface area contributed by atoms with Gasteiger partial charge >= 0.3 is 6.18 Å². The topological polar surface area (TPSA) is 110 Å². The highest BCUT2D eigenvalue weighted by Crippen LogP contribution is 2.34. The molecule has 2 N–H and O–H groups in total. The highest BCUT2D eigenvalue weighted by molar-refractivity contribution is 7.13. The van der Waals surface area contributed by atoms with E-state index < -0.39 is 40.3 Å². The number of aromatic amines is 1. The van der Waals surface area contributed by atoms with Crippen LogP contribution in [-0.2, 0) is 20.4 Å². The number of halogens is 3. The van der Waals surface area contributed by atoms with Crippen molar-refractivity contribution in [2.24, 2.45) is 0 Å². The minimum Gasteiger partial charge on any atom is -0.382 e. The largest absolute Gasteiger partial charge is 0.418 e. The molecule has 170 valence electrons. The van der Waals surface area contributed by atoms with E-state index in [1.807, 2.05) is 0 Å². The Kier molecular flexibility index (Phi) is 7.38. The number of anilines is 1. The summed E-state index contributed by atoms with van der Waals surface area (Å²) >= 11 is 1.10. The van der Waals surface area contributed by atoms with Gasteiger partial charge in [0.15, 0.2) is 5.13 Å². The van der Waals surface area contributed by atoms with Crippen LogP contribution in [0.5, 0.6) is 0 Å². The molecule has 0 saturated carbocycles. The van der Waals surface area contributed by atoms with E-state index in [9.17, 15) is 27.6 Å². The zero-order chi connectivity index (χ0) is 23.3. The SMILES string of the molecule is COCC(OCCC=O)c1[nH]c2c(C(F)(F)F)cccc2c(=O)c1C(=O)Nc1nccs1. The van der Waals surface area contributed by atoms with Gasteiger partial charge in [0.25, 0.3) is 5.91 Å². The van der Waals surface area contributed by atoms with Crippen molar-refractivity contribution in [1.29, 1.82) is 0 Å². The lowest BCUT2D eigenvalue weighted by Crippen LogP contribution is -2.29. The first-order valence-electron chi connectivity index (χ1n) is 9.29. The fraction of sp³-hybridized carbons (Fsp3) is 0.300.